The minimum atomic E-state index is -0.835. The summed E-state index contributed by atoms with van der Waals surface area (Å²) in [6.45, 7) is 1.86. The molecular formula is C14H15N3O2S. The molecule has 0 aliphatic rings. The quantitative estimate of drug-likeness (QED) is 0.648. The molecule has 1 heterocycles. The standard InChI is InChI=1S/C14H15N3O2S/c1-9-6-12(15)17-14(16-9)20-8-11-5-3-2-4-10(11)7-13(18)19/h2-6H,7-8H2,1H3,(H,18,19)(H2,15,16,17). The number of nitrogen functional groups attached to an aromatic ring is 1. The van der Waals surface area contributed by atoms with Crippen LogP contribution >= 0.6 is 11.8 Å². The van der Waals surface area contributed by atoms with Gasteiger partial charge in [0.2, 0.25) is 0 Å². The van der Waals surface area contributed by atoms with Gasteiger partial charge in [0, 0.05) is 17.5 Å². The predicted molar refractivity (Wildman–Crippen MR) is 78.5 cm³/mol. The number of rotatable bonds is 5. The van der Waals surface area contributed by atoms with E-state index in [2.05, 4.69) is 9.97 Å². The van der Waals surface area contributed by atoms with Gasteiger partial charge in [0.15, 0.2) is 5.16 Å². The number of carboxylic acid groups (broad SMARTS) is 1. The normalized spacial score (nSPS) is 10.4. The van der Waals surface area contributed by atoms with Crippen molar-refractivity contribution in [2.24, 2.45) is 0 Å². The molecule has 0 aliphatic carbocycles. The lowest BCUT2D eigenvalue weighted by Crippen LogP contribution is -2.03. The third kappa shape index (κ3) is 3.96. The lowest BCUT2D eigenvalue weighted by molar-refractivity contribution is -0.136. The molecule has 0 radical (unpaired) electrons. The molecule has 1 aromatic heterocycles. The van der Waals surface area contributed by atoms with Crippen LogP contribution in [0.2, 0.25) is 0 Å². The molecule has 0 unspecified atom stereocenters. The summed E-state index contributed by atoms with van der Waals surface area (Å²) in [5, 5.41) is 9.51. The van der Waals surface area contributed by atoms with Crippen LogP contribution < -0.4 is 5.73 Å². The molecule has 2 aromatic rings. The average Bonchev–Trinajstić information content (AvgIpc) is 2.36. The number of aromatic nitrogens is 2. The van der Waals surface area contributed by atoms with Gasteiger partial charge in [-0.1, -0.05) is 36.0 Å². The smallest absolute Gasteiger partial charge is 0.307 e. The van der Waals surface area contributed by atoms with Gasteiger partial charge in [0.1, 0.15) is 5.82 Å². The molecule has 0 saturated heterocycles. The van der Waals surface area contributed by atoms with Crippen molar-refractivity contribution in [3.63, 3.8) is 0 Å². The largest absolute Gasteiger partial charge is 0.481 e. The van der Waals surface area contributed by atoms with E-state index in [1.54, 1.807) is 6.07 Å². The number of anilines is 1. The highest BCUT2D eigenvalue weighted by atomic mass is 32.2. The summed E-state index contributed by atoms with van der Waals surface area (Å²) in [6.07, 6.45) is 0.0214. The van der Waals surface area contributed by atoms with E-state index >= 15 is 0 Å². The van der Waals surface area contributed by atoms with E-state index in [0.717, 1.165) is 16.8 Å². The van der Waals surface area contributed by atoms with Crippen LogP contribution in [0.1, 0.15) is 16.8 Å². The Bertz CT molecular complexity index is 611. The van der Waals surface area contributed by atoms with Crippen molar-refractivity contribution in [1.82, 2.24) is 9.97 Å². The Morgan fingerprint density at radius 1 is 1.30 bits per heavy atom. The summed E-state index contributed by atoms with van der Waals surface area (Å²) in [6, 6.07) is 9.20. The molecule has 0 spiro atoms. The first kappa shape index (κ1) is 14.3. The molecule has 0 bridgehead atoms. The van der Waals surface area contributed by atoms with Gasteiger partial charge in [-0.15, -0.1) is 0 Å². The van der Waals surface area contributed by atoms with Crippen molar-refractivity contribution < 1.29 is 9.90 Å². The summed E-state index contributed by atoms with van der Waals surface area (Å²) in [5.74, 6) is 0.226. The van der Waals surface area contributed by atoms with Crippen LogP contribution in [0.15, 0.2) is 35.5 Å². The third-order valence-corrected chi connectivity index (χ3v) is 3.57. The second-order valence-corrected chi connectivity index (χ2v) is 5.29. The zero-order valence-electron chi connectivity index (χ0n) is 11.0. The van der Waals surface area contributed by atoms with Gasteiger partial charge in [-0.25, -0.2) is 9.97 Å². The van der Waals surface area contributed by atoms with Crippen LogP contribution in [-0.4, -0.2) is 21.0 Å². The molecule has 0 amide bonds. The molecule has 0 atom stereocenters. The highest BCUT2D eigenvalue weighted by molar-refractivity contribution is 7.98. The van der Waals surface area contributed by atoms with Gasteiger partial charge in [-0.05, 0) is 18.1 Å². The number of nitrogens with two attached hydrogens (primary N) is 1. The van der Waals surface area contributed by atoms with Gasteiger partial charge < -0.3 is 10.8 Å². The monoisotopic (exact) mass is 289 g/mol. The van der Waals surface area contributed by atoms with Crippen molar-refractivity contribution in [2.45, 2.75) is 24.3 Å². The van der Waals surface area contributed by atoms with Crippen LogP contribution in [0, 0.1) is 6.92 Å². The van der Waals surface area contributed by atoms with E-state index in [1.165, 1.54) is 11.8 Å². The fraction of sp³-hybridized carbons (Fsp3) is 0.214. The van der Waals surface area contributed by atoms with Gasteiger partial charge in [0.25, 0.3) is 0 Å². The van der Waals surface area contributed by atoms with E-state index < -0.39 is 5.97 Å². The number of hydrogen-bond acceptors (Lipinski definition) is 5. The third-order valence-electron chi connectivity index (χ3n) is 2.67. The Labute approximate surface area is 121 Å². The molecule has 5 nitrogen and oxygen atoms in total. The maximum Gasteiger partial charge on any atom is 0.307 e. The first-order valence-corrected chi connectivity index (χ1v) is 7.05. The average molecular weight is 289 g/mol. The van der Waals surface area contributed by atoms with Crippen molar-refractivity contribution >= 4 is 23.5 Å². The minimum absolute atomic E-state index is 0.0214. The van der Waals surface area contributed by atoms with Crippen LogP contribution in [0.3, 0.4) is 0 Å². The first-order valence-electron chi connectivity index (χ1n) is 6.07. The zero-order valence-corrected chi connectivity index (χ0v) is 11.9. The number of carbonyl (C=O) groups is 1. The van der Waals surface area contributed by atoms with Gasteiger partial charge in [-0.3, -0.25) is 4.79 Å². The van der Waals surface area contributed by atoms with Crippen LogP contribution in [0.25, 0.3) is 0 Å². The number of thioether (sulfide) groups is 1. The van der Waals surface area contributed by atoms with E-state index in [-0.39, 0.29) is 6.42 Å². The van der Waals surface area contributed by atoms with Crippen LogP contribution in [0.4, 0.5) is 5.82 Å². The van der Waals surface area contributed by atoms with Crippen molar-refractivity contribution in [3.05, 3.63) is 47.2 Å². The highest BCUT2D eigenvalue weighted by Gasteiger charge is 2.08. The predicted octanol–water partition coefficient (Wildman–Crippen LogP) is 2.29. The van der Waals surface area contributed by atoms with Gasteiger partial charge in [0.05, 0.1) is 6.42 Å². The van der Waals surface area contributed by atoms with E-state index in [9.17, 15) is 4.79 Å². The molecule has 104 valence electrons. The molecule has 20 heavy (non-hydrogen) atoms. The highest BCUT2D eigenvalue weighted by Crippen LogP contribution is 2.23. The lowest BCUT2D eigenvalue weighted by atomic mass is 10.1. The van der Waals surface area contributed by atoms with Gasteiger partial charge in [-0.2, -0.15) is 0 Å². The zero-order chi connectivity index (χ0) is 14.5. The summed E-state index contributed by atoms with van der Waals surface area (Å²) in [4.78, 5) is 19.3. The Balaban J connectivity index is 2.12. The fourth-order valence-electron chi connectivity index (χ4n) is 1.81. The lowest BCUT2D eigenvalue weighted by Gasteiger charge is -2.07. The molecule has 0 saturated carbocycles. The molecule has 6 heteroatoms. The molecular weight excluding hydrogens is 274 g/mol. The van der Waals surface area contributed by atoms with Crippen molar-refractivity contribution in [1.29, 1.82) is 0 Å². The summed E-state index contributed by atoms with van der Waals surface area (Å²) >= 11 is 1.45. The molecule has 0 fully saturated rings. The van der Waals surface area contributed by atoms with Crippen molar-refractivity contribution in [2.75, 3.05) is 5.73 Å². The Morgan fingerprint density at radius 3 is 2.65 bits per heavy atom. The summed E-state index contributed by atoms with van der Waals surface area (Å²) in [7, 11) is 0. The minimum Gasteiger partial charge on any atom is -0.481 e. The maximum absolute atomic E-state index is 10.8. The number of aryl methyl sites for hydroxylation is 1. The summed E-state index contributed by atoms with van der Waals surface area (Å²) in [5.41, 5.74) is 8.29. The fourth-order valence-corrected chi connectivity index (χ4v) is 2.75. The second-order valence-electron chi connectivity index (χ2n) is 4.34. The number of benzene rings is 1. The van der Waals surface area contributed by atoms with Crippen LogP contribution in [-0.2, 0) is 17.0 Å². The number of carboxylic acids is 1. The summed E-state index contributed by atoms with van der Waals surface area (Å²) < 4.78 is 0. The molecule has 3 N–H and O–H groups in total. The van der Waals surface area contributed by atoms with E-state index in [1.807, 2.05) is 31.2 Å². The molecule has 0 aliphatic heterocycles. The number of nitrogens with zero attached hydrogens (tertiary/aromatic N) is 2. The Morgan fingerprint density at radius 2 is 2.00 bits per heavy atom. The Kier molecular flexibility index (Phi) is 4.57. The first-order chi connectivity index (χ1) is 9.54. The Hall–Kier alpha value is -2.08. The van der Waals surface area contributed by atoms with Gasteiger partial charge >= 0.3 is 5.97 Å². The van der Waals surface area contributed by atoms with Crippen molar-refractivity contribution in [3.8, 4) is 0 Å². The second kappa shape index (κ2) is 6.38. The molecule has 1 aromatic carbocycles. The topological polar surface area (TPSA) is 89.1 Å². The molecule has 2 rings (SSSR count). The number of aliphatic carboxylic acids is 1. The SMILES string of the molecule is Cc1cc(N)nc(SCc2ccccc2CC(=O)O)n1. The number of hydrogen-bond donors (Lipinski definition) is 2. The van der Waals surface area contributed by atoms with E-state index in [0.29, 0.717) is 16.7 Å². The maximum atomic E-state index is 10.8. The van der Waals surface area contributed by atoms with Crippen LogP contribution in [0.5, 0.6) is 0 Å². The van der Waals surface area contributed by atoms with E-state index in [4.69, 9.17) is 10.8 Å².